The van der Waals surface area contributed by atoms with E-state index < -0.39 is 0 Å². The lowest BCUT2D eigenvalue weighted by molar-refractivity contribution is -0.121. The van der Waals surface area contributed by atoms with E-state index in [1.165, 1.54) is 0 Å². The maximum atomic E-state index is 12.6. The zero-order valence-corrected chi connectivity index (χ0v) is 15.5. The fraction of sp³-hybridized carbons (Fsp3) is 0.381. The first kappa shape index (κ1) is 17.7. The molecule has 0 aromatic heterocycles. The van der Waals surface area contributed by atoms with Crippen molar-refractivity contribution >= 4 is 11.6 Å². The normalized spacial score (nSPS) is 17.5. The smallest absolute Gasteiger partial charge is 0.241 e. The maximum absolute atomic E-state index is 12.6. The molecule has 2 aliphatic rings. The van der Waals surface area contributed by atoms with Crippen molar-refractivity contribution in [1.82, 2.24) is 4.90 Å². The number of benzene rings is 2. The summed E-state index contributed by atoms with van der Waals surface area (Å²) in [5.41, 5.74) is 1.96. The van der Waals surface area contributed by atoms with Crippen LogP contribution in [0.25, 0.3) is 0 Å². The van der Waals surface area contributed by atoms with Gasteiger partial charge in [0.1, 0.15) is 5.75 Å². The summed E-state index contributed by atoms with van der Waals surface area (Å²) < 4.78 is 17.1. The van der Waals surface area contributed by atoms with Crippen LogP contribution >= 0.6 is 0 Å². The van der Waals surface area contributed by atoms with Gasteiger partial charge in [0.25, 0.3) is 0 Å². The molecule has 4 rings (SSSR count). The summed E-state index contributed by atoms with van der Waals surface area (Å²) in [6.45, 7) is 3.78. The van der Waals surface area contributed by atoms with E-state index in [2.05, 4.69) is 4.90 Å². The number of methoxy groups -OCH3 is 1. The average molecular weight is 368 g/mol. The summed E-state index contributed by atoms with van der Waals surface area (Å²) >= 11 is 0. The molecule has 0 atom stereocenters. The van der Waals surface area contributed by atoms with Gasteiger partial charge in [0.2, 0.25) is 5.91 Å². The number of ether oxygens (including phenoxy) is 3. The molecule has 0 N–H and O–H groups in total. The van der Waals surface area contributed by atoms with Gasteiger partial charge in [-0.3, -0.25) is 9.69 Å². The highest BCUT2D eigenvalue weighted by Crippen LogP contribution is 2.37. The molecule has 2 aromatic rings. The second-order valence-corrected chi connectivity index (χ2v) is 6.75. The van der Waals surface area contributed by atoms with Crippen LogP contribution in [0.1, 0.15) is 12.0 Å². The number of hydrogen-bond acceptors (Lipinski definition) is 5. The number of anilines is 1. The third kappa shape index (κ3) is 3.85. The Kier molecular flexibility index (Phi) is 5.16. The van der Waals surface area contributed by atoms with Gasteiger partial charge >= 0.3 is 0 Å². The predicted octanol–water partition coefficient (Wildman–Crippen LogP) is 2.71. The van der Waals surface area contributed by atoms with E-state index in [1.807, 2.05) is 47.4 Å². The fourth-order valence-corrected chi connectivity index (χ4v) is 3.52. The summed E-state index contributed by atoms with van der Waals surface area (Å²) in [6, 6.07) is 13.7. The van der Waals surface area contributed by atoms with Crippen LogP contribution in [0.2, 0.25) is 0 Å². The molecular formula is C21H24N2O4. The Bertz CT molecular complexity index is 809. The highest BCUT2D eigenvalue weighted by atomic mass is 16.5. The second-order valence-electron chi connectivity index (χ2n) is 6.75. The molecule has 2 heterocycles. The number of hydrogen-bond donors (Lipinski definition) is 0. The molecule has 6 heteroatoms. The zero-order valence-electron chi connectivity index (χ0n) is 15.5. The minimum Gasteiger partial charge on any atom is -0.496 e. The molecule has 0 bridgehead atoms. The van der Waals surface area contributed by atoms with Crippen LogP contribution in [0.15, 0.2) is 42.5 Å². The van der Waals surface area contributed by atoms with Crippen molar-refractivity contribution in [3.05, 3.63) is 48.0 Å². The van der Waals surface area contributed by atoms with E-state index in [-0.39, 0.29) is 5.91 Å². The molecule has 1 saturated heterocycles. The largest absolute Gasteiger partial charge is 0.496 e. The van der Waals surface area contributed by atoms with Crippen molar-refractivity contribution in [3.8, 4) is 17.2 Å². The lowest BCUT2D eigenvalue weighted by Gasteiger charge is -2.34. The minimum atomic E-state index is 0.112. The molecule has 142 valence electrons. The van der Waals surface area contributed by atoms with E-state index in [1.54, 1.807) is 7.11 Å². The van der Waals surface area contributed by atoms with Gasteiger partial charge in [0, 0.05) is 43.4 Å². The summed E-state index contributed by atoms with van der Waals surface area (Å²) in [6.07, 6.45) is 0.863. The number of nitrogens with zero attached hydrogens (tertiary/aromatic N) is 2. The summed E-state index contributed by atoms with van der Waals surface area (Å²) in [4.78, 5) is 16.6. The fourth-order valence-electron chi connectivity index (χ4n) is 3.52. The van der Waals surface area contributed by atoms with Gasteiger partial charge in [0.15, 0.2) is 11.5 Å². The standard InChI is InChI=1S/C21H24N2O4/c1-25-18-13-20-19(26-10-5-11-27-20)12-16(18)14-22-8-9-23(21(24)15-22)17-6-3-2-4-7-17/h2-4,6-7,12-13H,5,8-11,14-15H2,1H3. The Labute approximate surface area is 159 Å². The van der Waals surface area contributed by atoms with Crippen LogP contribution in [0.3, 0.4) is 0 Å². The van der Waals surface area contributed by atoms with E-state index in [9.17, 15) is 4.79 Å². The third-order valence-electron chi connectivity index (χ3n) is 4.91. The van der Waals surface area contributed by atoms with Gasteiger partial charge in [-0.15, -0.1) is 0 Å². The quantitative estimate of drug-likeness (QED) is 0.831. The van der Waals surface area contributed by atoms with Crippen molar-refractivity contribution in [2.45, 2.75) is 13.0 Å². The predicted molar refractivity (Wildman–Crippen MR) is 103 cm³/mol. The Hall–Kier alpha value is -2.73. The van der Waals surface area contributed by atoms with Crippen molar-refractivity contribution in [3.63, 3.8) is 0 Å². The molecule has 0 spiro atoms. The topological polar surface area (TPSA) is 51.2 Å². The monoisotopic (exact) mass is 368 g/mol. The van der Waals surface area contributed by atoms with Crippen molar-refractivity contribution in [1.29, 1.82) is 0 Å². The van der Waals surface area contributed by atoms with E-state index in [4.69, 9.17) is 14.2 Å². The number of fused-ring (bicyclic) bond motifs is 1. The minimum absolute atomic E-state index is 0.112. The molecule has 0 radical (unpaired) electrons. The summed E-state index contributed by atoms with van der Waals surface area (Å²) in [7, 11) is 1.65. The van der Waals surface area contributed by atoms with E-state index >= 15 is 0 Å². The molecule has 0 saturated carbocycles. The van der Waals surface area contributed by atoms with Crippen LogP contribution in [-0.2, 0) is 11.3 Å². The first-order valence-electron chi connectivity index (χ1n) is 9.29. The van der Waals surface area contributed by atoms with Gasteiger partial charge in [-0.1, -0.05) is 18.2 Å². The highest BCUT2D eigenvalue weighted by molar-refractivity contribution is 5.95. The molecule has 6 nitrogen and oxygen atoms in total. The Balaban J connectivity index is 1.48. The number of carbonyl (C=O) groups excluding carboxylic acids is 1. The summed E-state index contributed by atoms with van der Waals surface area (Å²) in [5, 5.41) is 0. The first-order chi connectivity index (χ1) is 13.2. The van der Waals surface area contributed by atoms with E-state index in [0.29, 0.717) is 32.8 Å². The molecule has 2 aromatic carbocycles. The molecule has 1 fully saturated rings. The Morgan fingerprint density at radius 3 is 2.48 bits per heavy atom. The van der Waals surface area contributed by atoms with Gasteiger partial charge in [-0.25, -0.2) is 0 Å². The van der Waals surface area contributed by atoms with Gasteiger partial charge in [0.05, 0.1) is 26.9 Å². The number of rotatable bonds is 4. The molecule has 1 amide bonds. The van der Waals surface area contributed by atoms with Crippen LogP contribution in [0.4, 0.5) is 5.69 Å². The molecular weight excluding hydrogens is 344 g/mol. The number of carbonyl (C=O) groups is 1. The number of para-hydroxylation sites is 1. The van der Waals surface area contributed by atoms with Gasteiger partial charge in [-0.05, 0) is 18.2 Å². The molecule has 27 heavy (non-hydrogen) atoms. The lowest BCUT2D eigenvalue weighted by atomic mass is 10.1. The van der Waals surface area contributed by atoms with Crippen LogP contribution in [-0.4, -0.2) is 50.8 Å². The lowest BCUT2D eigenvalue weighted by Crippen LogP contribution is -2.50. The molecule has 0 unspecified atom stereocenters. The van der Waals surface area contributed by atoms with Crippen LogP contribution in [0.5, 0.6) is 17.2 Å². The maximum Gasteiger partial charge on any atom is 0.241 e. The number of piperazine rings is 1. The highest BCUT2D eigenvalue weighted by Gasteiger charge is 2.26. The van der Waals surface area contributed by atoms with E-state index in [0.717, 1.165) is 41.5 Å². The molecule has 0 aliphatic carbocycles. The SMILES string of the molecule is COc1cc2c(cc1CN1CCN(c3ccccc3)C(=O)C1)OCCCO2. The van der Waals surface area contributed by atoms with Crippen molar-refractivity contribution in [2.75, 3.05) is 44.9 Å². The van der Waals surface area contributed by atoms with Crippen molar-refractivity contribution in [2.24, 2.45) is 0 Å². The third-order valence-corrected chi connectivity index (χ3v) is 4.91. The Morgan fingerprint density at radius 2 is 1.78 bits per heavy atom. The van der Waals surface area contributed by atoms with Crippen molar-refractivity contribution < 1.29 is 19.0 Å². The second kappa shape index (κ2) is 7.88. The first-order valence-corrected chi connectivity index (χ1v) is 9.29. The summed E-state index contributed by atoms with van der Waals surface area (Å²) in [5.74, 6) is 2.34. The Morgan fingerprint density at radius 1 is 1.04 bits per heavy atom. The zero-order chi connectivity index (χ0) is 18.6. The van der Waals surface area contributed by atoms with Crippen LogP contribution < -0.4 is 19.1 Å². The number of amides is 1. The molecule has 2 aliphatic heterocycles. The van der Waals surface area contributed by atoms with Crippen LogP contribution in [0, 0.1) is 0 Å². The van der Waals surface area contributed by atoms with Gasteiger partial charge < -0.3 is 19.1 Å². The average Bonchev–Trinajstić information content (AvgIpc) is 2.93. The van der Waals surface area contributed by atoms with Gasteiger partial charge in [-0.2, -0.15) is 0 Å².